The molecule has 0 radical (unpaired) electrons. The van der Waals surface area contributed by atoms with Gasteiger partial charge >= 0.3 is 0 Å². The molecule has 1 unspecified atom stereocenters. The normalized spacial score (nSPS) is 24.4. The van der Waals surface area contributed by atoms with Gasteiger partial charge in [-0.3, -0.25) is 9.48 Å². The van der Waals surface area contributed by atoms with E-state index < -0.39 is 5.60 Å². The number of carbonyl (C=O) groups excluding carboxylic acids is 1. The summed E-state index contributed by atoms with van der Waals surface area (Å²) >= 11 is 0. The first-order chi connectivity index (χ1) is 8.51. The van der Waals surface area contributed by atoms with Gasteiger partial charge in [-0.25, -0.2) is 0 Å². The summed E-state index contributed by atoms with van der Waals surface area (Å²) in [6.07, 6.45) is 5.26. The molecular formula is C14H22N2O2. The lowest BCUT2D eigenvalue weighted by Crippen LogP contribution is -2.42. The molecule has 0 aromatic carbocycles. The van der Waals surface area contributed by atoms with E-state index in [1.807, 2.05) is 23.9 Å². The highest BCUT2D eigenvalue weighted by Crippen LogP contribution is 2.26. The first kappa shape index (κ1) is 13.3. The van der Waals surface area contributed by atoms with E-state index in [-0.39, 0.29) is 5.78 Å². The Morgan fingerprint density at radius 1 is 1.56 bits per heavy atom. The van der Waals surface area contributed by atoms with Crippen molar-refractivity contribution in [2.24, 2.45) is 0 Å². The molecule has 2 rings (SSSR count). The Labute approximate surface area is 108 Å². The van der Waals surface area contributed by atoms with Crippen molar-refractivity contribution in [3.63, 3.8) is 0 Å². The zero-order valence-corrected chi connectivity index (χ0v) is 11.5. The molecule has 0 N–H and O–H groups in total. The van der Waals surface area contributed by atoms with Crippen LogP contribution in [0, 0.1) is 0 Å². The Hall–Kier alpha value is -1.16. The van der Waals surface area contributed by atoms with Gasteiger partial charge in [-0.05, 0) is 46.1 Å². The molecule has 100 valence electrons. The van der Waals surface area contributed by atoms with Crippen molar-refractivity contribution < 1.29 is 9.53 Å². The van der Waals surface area contributed by atoms with Gasteiger partial charge in [0.2, 0.25) is 0 Å². The van der Waals surface area contributed by atoms with E-state index in [2.05, 4.69) is 18.9 Å². The average molecular weight is 250 g/mol. The van der Waals surface area contributed by atoms with E-state index in [9.17, 15) is 4.79 Å². The third-order valence-electron chi connectivity index (χ3n) is 3.59. The van der Waals surface area contributed by atoms with Crippen LogP contribution in [0.2, 0.25) is 0 Å². The lowest BCUT2D eigenvalue weighted by molar-refractivity contribution is -0.147. The van der Waals surface area contributed by atoms with Gasteiger partial charge < -0.3 is 4.74 Å². The summed E-state index contributed by atoms with van der Waals surface area (Å²) in [6, 6.07) is 2.25. The summed E-state index contributed by atoms with van der Waals surface area (Å²) in [5.74, 6) is 0.149. The number of Topliss-reactive ketones (excluding diaryl/α,β-unsaturated/α-hetero) is 1. The molecule has 4 heteroatoms. The molecule has 18 heavy (non-hydrogen) atoms. The maximum atomic E-state index is 12.3. The number of hydrogen-bond donors (Lipinski definition) is 0. The minimum absolute atomic E-state index is 0.149. The van der Waals surface area contributed by atoms with Crippen LogP contribution in [0.3, 0.4) is 0 Å². The van der Waals surface area contributed by atoms with Crippen LogP contribution in [-0.4, -0.2) is 27.8 Å². The fourth-order valence-corrected chi connectivity index (χ4v) is 2.26. The van der Waals surface area contributed by atoms with Crippen LogP contribution in [0.25, 0.3) is 0 Å². The molecule has 0 amide bonds. The van der Waals surface area contributed by atoms with Crippen molar-refractivity contribution in [3.8, 4) is 0 Å². The maximum Gasteiger partial charge on any atom is 0.170 e. The van der Waals surface area contributed by atoms with E-state index in [4.69, 9.17) is 4.74 Å². The van der Waals surface area contributed by atoms with E-state index >= 15 is 0 Å². The second-order valence-corrected chi connectivity index (χ2v) is 5.52. The van der Waals surface area contributed by atoms with Gasteiger partial charge in [0.15, 0.2) is 5.78 Å². The zero-order valence-electron chi connectivity index (χ0n) is 11.5. The van der Waals surface area contributed by atoms with Crippen LogP contribution in [0.5, 0.6) is 0 Å². The van der Waals surface area contributed by atoms with Crippen LogP contribution < -0.4 is 0 Å². The zero-order chi connectivity index (χ0) is 13.2. The maximum absolute atomic E-state index is 12.3. The number of hydrogen-bond acceptors (Lipinski definition) is 3. The summed E-state index contributed by atoms with van der Waals surface area (Å²) in [4.78, 5) is 12.3. The van der Waals surface area contributed by atoms with Gasteiger partial charge in [0, 0.05) is 18.8 Å². The summed E-state index contributed by atoms with van der Waals surface area (Å²) in [5.41, 5.74) is 0.240. The van der Waals surface area contributed by atoms with Crippen molar-refractivity contribution in [1.82, 2.24) is 9.78 Å². The molecule has 1 atom stereocenters. The molecule has 0 saturated carbocycles. The van der Waals surface area contributed by atoms with E-state index in [1.165, 1.54) is 0 Å². The van der Waals surface area contributed by atoms with Crippen LogP contribution in [-0.2, 0) is 16.0 Å². The Morgan fingerprint density at radius 3 is 2.89 bits per heavy atom. The fraction of sp³-hybridized carbons (Fsp3) is 0.714. The molecule has 1 aromatic rings. The van der Waals surface area contributed by atoms with Gasteiger partial charge in [0.1, 0.15) is 5.60 Å². The largest absolute Gasteiger partial charge is 0.367 e. The van der Waals surface area contributed by atoms with Crippen molar-refractivity contribution >= 4 is 5.78 Å². The van der Waals surface area contributed by atoms with Crippen molar-refractivity contribution in [2.45, 2.75) is 58.1 Å². The van der Waals surface area contributed by atoms with Crippen molar-refractivity contribution in [1.29, 1.82) is 0 Å². The Morgan fingerprint density at radius 2 is 2.33 bits per heavy atom. The molecule has 1 aliphatic heterocycles. The SMILES string of the molecule is CC(C)n1ccc(CC(=O)C2(C)CCCCO2)n1. The van der Waals surface area contributed by atoms with Crippen LogP contribution in [0.4, 0.5) is 0 Å². The predicted octanol–water partition coefficient (Wildman–Crippen LogP) is 2.53. The summed E-state index contributed by atoms with van der Waals surface area (Å²) in [7, 11) is 0. The lowest BCUT2D eigenvalue weighted by atomic mass is 9.89. The molecule has 4 nitrogen and oxygen atoms in total. The first-order valence-electron chi connectivity index (χ1n) is 6.72. The summed E-state index contributed by atoms with van der Waals surface area (Å²) < 4.78 is 7.55. The average Bonchev–Trinajstić information content (AvgIpc) is 2.78. The Kier molecular flexibility index (Phi) is 3.85. The van der Waals surface area contributed by atoms with Gasteiger partial charge in [-0.2, -0.15) is 5.10 Å². The summed E-state index contributed by atoms with van der Waals surface area (Å²) in [6.45, 7) is 6.75. The highest BCUT2D eigenvalue weighted by molar-refractivity contribution is 5.88. The number of carbonyl (C=O) groups is 1. The third-order valence-corrected chi connectivity index (χ3v) is 3.59. The minimum atomic E-state index is -0.597. The highest BCUT2D eigenvalue weighted by Gasteiger charge is 2.35. The third kappa shape index (κ3) is 2.80. The molecule has 1 aliphatic rings. The predicted molar refractivity (Wildman–Crippen MR) is 69.5 cm³/mol. The summed E-state index contributed by atoms with van der Waals surface area (Å²) in [5, 5.41) is 4.42. The first-order valence-corrected chi connectivity index (χ1v) is 6.72. The second kappa shape index (κ2) is 5.22. The van der Waals surface area contributed by atoms with Gasteiger partial charge in [0.25, 0.3) is 0 Å². The molecule has 2 heterocycles. The number of aromatic nitrogens is 2. The quantitative estimate of drug-likeness (QED) is 0.824. The smallest absolute Gasteiger partial charge is 0.170 e. The standard InChI is InChI=1S/C14H22N2O2/c1-11(2)16-8-6-12(15-16)10-13(17)14(3)7-4-5-9-18-14/h6,8,11H,4-5,7,9-10H2,1-3H3. The Balaban J connectivity index is 2.01. The molecule has 0 bridgehead atoms. The number of nitrogens with zero attached hydrogens (tertiary/aromatic N) is 2. The molecule has 0 aliphatic carbocycles. The van der Waals surface area contributed by atoms with Crippen molar-refractivity contribution in [2.75, 3.05) is 6.61 Å². The minimum Gasteiger partial charge on any atom is -0.367 e. The van der Waals surface area contributed by atoms with E-state index in [1.54, 1.807) is 0 Å². The molecule has 1 fully saturated rings. The molecule has 0 spiro atoms. The number of rotatable bonds is 4. The van der Waals surface area contributed by atoms with E-state index in [0.717, 1.165) is 25.0 Å². The monoisotopic (exact) mass is 250 g/mol. The van der Waals surface area contributed by atoms with Gasteiger partial charge in [-0.15, -0.1) is 0 Å². The highest BCUT2D eigenvalue weighted by atomic mass is 16.5. The van der Waals surface area contributed by atoms with Gasteiger partial charge in [-0.1, -0.05) is 0 Å². The molecule has 1 saturated heterocycles. The van der Waals surface area contributed by atoms with Crippen LogP contribution in [0.15, 0.2) is 12.3 Å². The Bertz CT molecular complexity index is 417. The number of ether oxygens (including phenoxy) is 1. The fourth-order valence-electron chi connectivity index (χ4n) is 2.26. The van der Waals surface area contributed by atoms with Gasteiger partial charge in [0.05, 0.1) is 12.1 Å². The number of ketones is 1. The molecule has 1 aromatic heterocycles. The van der Waals surface area contributed by atoms with Crippen molar-refractivity contribution in [3.05, 3.63) is 18.0 Å². The van der Waals surface area contributed by atoms with E-state index in [0.29, 0.717) is 19.1 Å². The molecular weight excluding hydrogens is 228 g/mol. The van der Waals surface area contributed by atoms with Crippen LogP contribution in [0.1, 0.15) is 51.8 Å². The second-order valence-electron chi connectivity index (χ2n) is 5.52. The topological polar surface area (TPSA) is 44.1 Å². The lowest BCUT2D eigenvalue weighted by Gasteiger charge is -2.32. The van der Waals surface area contributed by atoms with Crippen LogP contribution >= 0.6 is 0 Å².